The Bertz CT molecular complexity index is 1160. The Morgan fingerprint density at radius 3 is 2.52 bits per heavy atom. The maximum Gasteiger partial charge on any atom is 0.262 e. The molecule has 0 spiro atoms. The molecule has 0 atom stereocenters. The fourth-order valence-electron chi connectivity index (χ4n) is 2.80. The van der Waals surface area contributed by atoms with E-state index in [1.165, 1.54) is 7.11 Å². The van der Waals surface area contributed by atoms with Crippen LogP contribution in [-0.4, -0.2) is 19.6 Å². The van der Waals surface area contributed by atoms with Gasteiger partial charge in [-0.25, -0.2) is 0 Å². The van der Waals surface area contributed by atoms with Crippen molar-refractivity contribution >= 4 is 50.8 Å². The number of nitriles is 1. The molecule has 3 rings (SSSR count). The highest BCUT2D eigenvalue weighted by atomic mass is 79.9. The molecule has 156 valence electrons. The van der Waals surface area contributed by atoms with Gasteiger partial charge in [-0.05, 0) is 42.0 Å². The second-order valence-corrected chi connectivity index (χ2v) is 7.64. The predicted octanol–water partition coefficient (Wildman–Crippen LogP) is 6.19. The number of benzene rings is 3. The van der Waals surface area contributed by atoms with E-state index >= 15 is 0 Å². The number of hydrogen-bond acceptors (Lipinski definition) is 4. The molecule has 0 unspecified atom stereocenters. The van der Waals surface area contributed by atoms with Gasteiger partial charge in [-0.15, -0.1) is 0 Å². The molecular formula is C24H18BrClN2O3. The predicted molar refractivity (Wildman–Crippen MR) is 126 cm³/mol. The van der Waals surface area contributed by atoms with E-state index in [0.717, 1.165) is 0 Å². The van der Waals surface area contributed by atoms with E-state index in [-0.39, 0.29) is 12.5 Å². The highest BCUT2D eigenvalue weighted by Gasteiger charge is 2.13. The topological polar surface area (TPSA) is 71.3 Å². The van der Waals surface area contributed by atoms with Crippen LogP contribution in [0.4, 0.5) is 5.69 Å². The highest BCUT2D eigenvalue weighted by molar-refractivity contribution is 9.10. The van der Waals surface area contributed by atoms with Gasteiger partial charge in [0.2, 0.25) is 0 Å². The van der Waals surface area contributed by atoms with Crippen molar-refractivity contribution in [2.24, 2.45) is 0 Å². The Hall–Kier alpha value is -3.27. The fourth-order valence-corrected chi connectivity index (χ4v) is 3.48. The first-order chi connectivity index (χ1) is 15.0. The molecule has 0 aliphatic rings. The zero-order valence-electron chi connectivity index (χ0n) is 16.6. The summed E-state index contributed by atoms with van der Waals surface area (Å²) in [6.45, 7) is -0.185. The van der Waals surface area contributed by atoms with Crippen LogP contribution in [0.25, 0.3) is 11.6 Å². The molecule has 0 aliphatic carbocycles. The van der Waals surface area contributed by atoms with E-state index in [1.54, 1.807) is 48.5 Å². The van der Waals surface area contributed by atoms with Crippen LogP contribution in [0.15, 0.2) is 71.2 Å². The van der Waals surface area contributed by atoms with Crippen molar-refractivity contribution in [1.29, 1.82) is 5.26 Å². The number of amides is 1. The van der Waals surface area contributed by atoms with Gasteiger partial charge in [-0.2, -0.15) is 5.26 Å². The van der Waals surface area contributed by atoms with Crippen LogP contribution in [0, 0.1) is 11.3 Å². The summed E-state index contributed by atoms with van der Waals surface area (Å²) in [6, 6.07) is 21.9. The van der Waals surface area contributed by atoms with Crippen molar-refractivity contribution in [3.05, 3.63) is 87.4 Å². The van der Waals surface area contributed by atoms with Gasteiger partial charge in [0.1, 0.15) is 0 Å². The van der Waals surface area contributed by atoms with E-state index in [1.807, 2.05) is 24.3 Å². The molecule has 5 nitrogen and oxygen atoms in total. The molecule has 0 heterocycles. The molecule has 0 bridgehead atoms. The number of anilines is 1. The fraction of sp³-hybridized carbons (Fsp3) is 0.0833. The lowest BCUT2D eigenvalue weighted by Crippen LogP contribution is -2.20. The van der Waals surface area contributed by atoms with Gasteiger partial charge in [0.05, 0.1) is 18.8 Å². The Balaban J connectivity index is 1.81. The zero-order valence-corrected chi connectivity index (χ0v) is 18.9. The zero-order chi connectivity index (χ0) is 22.2. The number of hydrogen-bond donors (Lipinski definition) is 1. The van der Waals surface area contributed by atoms with Crippen LogP contribution in [0.5, 0.6) is 11.5 Å². The summed E-state index contributed by atoms with van der Waals surface area (Å²) in [5, 5.41) is 12.9. The Morgan fingerprint density at radius 1 is 1.13 bits per heavy atom. The van der Waals surface area contributed by atoms with Crippen molar-refractivity contribution < 1.29 is 14.3 Å². The maximum absolute atomic E-state index is 12.2. The third-order valence-electron chi connectivity index (χ3n) is 4.28. The van der Waals surface area contributed by atoms with Crippen LogP contribution in [0.3, 0.4) is 0 Å². The molecule has 3 aromatic rings. The average Bonchev–Trinajstić information content (AvgIpc) is 2.78. The summed E-state index contributed by atoms with van der Waals surface area (Å²) in [5.41, 5.74) is 2.43. The highest BCUT2D eigenvalue weighted by Crippen LogP contribution is 2.36. The molecule has 0 saturated heterocycles. The summed E-state index contributed by atoms with van der Waals surface area (Å²) in [4.78, 5) is 12.2. The van der Waals surface area contributed by atoms with E-state index in [0.29, 0.717) is 43.4 Å². The first-order valence-electron chi connectivity index (χ1n) is 9.23. The number of nitrogens with zero attached hydrogens (tertiary/aromatic N) is 1. The average molecular weight is 498 g/mol. The van der Waals surface area contributed by atoms with Gasteiger partial charge < -0.3 is 14.8 Å². The largest absolute Gasteiger partial charge is 0.493 e. The van der Waals surface area contributed by atoms with Crippen LogP contribution >= 0.6 is 27.5 Å². The number of carbonyl (C=O) groups is 1. The van der Waals surface area contributed by atoms with E-state index in [9.17, 15) is 10.1 Å². The van der Waals surface area contributed by atoms with Crippen molar-refractivity contribution in [3.8, 4) is 17.6 Å². The van der Waals surface area contributed by atoms with Gasteiger partial charge in [0, 0.05) is 20.7 Å². The lowest BCUT2D eigenvalue weighted by molar-refractivity contribution is -0.118. The minimum atomic E-state index is -0.293. The summed E-state index contributed by atoms with van der Waals surface area (Å²) in [6.07, 6.45) is 1.71. The minimum absolute atomic E-state index is 0.185. The summed E-state index contributed by atoms with van der Waals surface area (Å²) in [5.74, 6) is 0.531. The SMILES string of the molecule is COc1cc(C=C(C#N)c2ccccc2Cl)c(Br)cc1OCC(=O)Nc1ccccc1. The number of allylic oxidation sites excluding steroid dienone is 1. The first kappa shape index (κ1) is 22.4. The monoisotopic (exact) mass is 496 g/mol. The lowest BCUT2D eigenvalue weighted by atomic mass is 10.0. The minimum Gasteiger partial charge on any atom is -0.493 e. The molecule has 7 heteroatoms. The first-order valence-corrected chi connectivity index (χ1v) is 10.4. The quantitative estimate of drug-likeness (QED) is 0.312. The third-order valence-corrected chi connectivity index (χ3v) is 5.30. The molecule has 31 heavy (non-hydrogen) atoms. The van der Waals surface area contributed by atoms with Crippen LogP contribution < -0.4 is 14.8 Å². The van der Waals surface area contributed by atoms with Crippen LogP contribution in [0.2, 0.25) is 5.02 Å². The molecule has 0 radical (unpaired) electrons. The standard InChI is InChI=1S/C24H18BrClN2O3/c1-30-22-12-16(11-17(14-27)19-9-5-6-10-21(19)26)20(25)13-23(22)31-15-24(29)28-18-7-3-2-4-8-18/h2-13H,15H2,1H3,(H,28,29). The number of rotatable bonds is 7. The Kier molecular flexibility index (Phi) is 7.71. The van der Waals surface area contributed by atoms with Gasteiger partial charge in [-0.1, -0.05) is 63.9 Å². The van der Waals surface area contributed by atoms with Crippen LogP contribution in [-0.2, 0) is 4.79 Å². The number of methoxy groups -OCH3 is 1. The Labute approximate surface area is 194 Å². The van der Waals surface area contributed by atoms with Crippen molar-refractivity contribution in [3.63, 3.8) is 0 Å². The molecule has 1 amide bonds. The number of nitrogens with one attached hydrogen (secondary N) is 1. The molecule has 0 fully saturated rings. The van der Waals surface area contributed by atoms with Crippen molar-refractivity contribution in [2.45, 2.75) is 0 Å². The normalized spacial score (nSPS) is 10.8. The van der Waals surface area contributed by atoms with Gasteiger partial charge >= 0.3 is 0 Å². The molecule has 3 aromatic carbocycles. The lowest BCUT2D eigenvalue weighted by Gasteiger charge is -2.13. The van der Waals surface area contributed by atoms with Gasteiger partial charge in [0.15, 0.2) is 18.1 Å². The van der Waals surface area contributed by atoms with Crippen LogP contribution in [0.1, 0.15) is 11.1 Å². The maximum atomic E-state index is 12.2. The summed E-state index contributed by atoms with van der Waals surface area (Å²) < 4.78 is 11.8. The Morgan fingerprint density at radius 2 is 1.84 bits per heavy atom. The smallest absolute Gasteiger partial charge is 0.262 e. The second-order valence-electron chi connectivity index (χ2n) is 6.38. The molecular weight excluding hydrogens is 480 g/mol. The molecule has 0 aromatic heterocycles. The van der Waals surface area contributed by atoms with E-state index < -0.39 is 0 Å². The van der Waals surface area contributed by atoms with Gasteiger partial charge in [-0.3, -0.25) is 4.79 Å². The number of ether oxygens (including phenoxy) is 2. The molecule has 0 aliphatic heterocycles. The summed E-state index contributed by atoms with van der Waals surface area (Å²) in [7, 11) is 1.51. The third kappa shape index (κ3) is 5.88. The van der Waals surface area contributed by atoms with E-state index in [4.69, 9.17) is 21.1 Å². The molecule has 0 saturated carbocycles. The van der Waals surface area contributed by atoms with Crippen molar-refractivity contribution in [1.82, 2.24) is 0 Å². The van der Waals surface area contributed by atoms with E-state index in [2.05, 4.69) is 27.3 Å². The summed E-state index contributed by atoms with van der Waals surface area (Å²) >= 11 is 9.73. The molecule has 1 N–H and O–H groups in total. The number of carbonyl (C=O) groups excluding carboxylic acids is 1. The second kappa shape index (κ2) is 10.7. The number of para-hydroxylation sites is 1. The van der Waals surface area contributed by atoms with Gasteiger partial charge in [0.25, 0.3) is 5.91 Å². The number of halogens is 2. The van der Waals surface area contributed by atoms with Crippen molar-refractivity contribution in [2.75, 3.05) is 19.0 Å².